The molecule has 0 heterocycles. The number of rotatable bonds is 2. The van der Waals surface area contributed by atoms with E-state index in [4.69, 9.17) is 15.3 Å². The monoisotopic (exact) mass is 260 g/mol. The summed E-state index contributed by atoms with van der Waals surface area (Å²) >= 11 is 0. The van der Waals surface area contributed by atoms with Gasteiger partial charge in [-0.05, 0) is 27.7 Å². The van der Waals surface area contributed by atoms with Crippen molar-refractivity contribution in [2.75, 3.05) is 13.2 Å². The maximum Gasteiger partial charge on any atom is 0.100 e. The molecule has 0 saturated carbocycles. The van der Waals surface area contributed by atoms with Crippen LogP contribution in [-0.4, -0.2) is 34.6 Å². The Balaban J connectivity index is -0.0000000412. The average Bonchev–Trinajstić information content (AvgIpc) is 2.32. The minimum absolute atomic E-state index is 0.365. The summed E-state index contributed by atoms with van der Waals surface area (Å²) in [6.45, 7) is 20.3. The summed E-state index contributed by atoms with van der Waals surface area (Å²) in [7, 11) is 0. The van der Waals surface area contributed by atoms with Crippen molar-refractivity contribution in [2.45, 2.75) is 33.8 Å². The first kappa shape index (κ1) is 30.1. The Hall–Kier alpha value is -1.16. The van der Waals surface area contributed by atoms with Crippen LogP contribution < -0.4 is 0 Å². The van der Waals surface area contributed by atoms with E-state index in [2.05, 4.69) is 26.3 Å². The number of allylic oxidation sites excluding steroid dienone is 4. The van der Waals surface area contributed by atoms with Crippen molar-refractivity contribution in [2.24, 2.45) is 0 Å². The van der Waals surface area contributed by atoms with Gasteiger partial charge < -0.3 is 15.3 Å². The molecule has 0 fully saturated rings. The molecule has 0 aromatic rings. The van der Waals surface area contributed by atoms with E-state index in [0.717, 1.165) is 0 Å². The topological polar surface area (TPSA) is 60.7 Å². The molecule has 0 atom stereocenters. The molecular formula is C15H32O3. The van der Waals surface area contributed by atoms with Gasteiger partial charge in [0.05, 0.1) is 13.2 Å². The molecule has 0 amide bonds. The normalized spacial score (nSPS) is 6.22. The van der Waals surface area contributed by atoms with Crippen molar-refractivity contribution in [3.8, 4) is 0 Å². The van der Waals surface area contributed by atoms with Crippen LogP contribution in [0.15, 0.2) is 50.6 Å². The van der Waals surface area contributed by atoms with Crippen LogP contribution in [0.4, 0.5) is 0 Å². The largest absolute Gasteiger partial charge is 0.394 e. The molecule has 0 bridgehead atoms. The summed E-state index contributed by atoms with van der Waals surface area (Å²) < 4.78 is 0. The molecule has 0 aliphatic carbocycles. The van der Waals surface area contributed by atoms with Crippen LogP contribution in [-0.2, 0) is 0 Å². The van der Waals surface area contributed by atoms with E-state index in [1.54, 1.807) is 24.3 Å². The summed E-state index contributed by atoms with van der Waals surface area (Å²) in [6, 6.07) is 0. The third-order valence-corrected chi connectivity index (χ3v) is 0.421. The van der Waals surface area contributed by atoms with Crippen LogP contribution in [0.3, 0.4) is 0 Å². The molecule has 0 aliphatic rings. The Morgan fingerprint density at radius 1 is 0.722 bits per heavy atom. The number of aliphatic hydroxyl groups excluding tert-OH is 3. The Morgan fingerprint density at radius 3 is 0.833 bits per heavy atom. The molecule has 0 unspecified atom stereocenters. The second-order valence-electron chi connectivity index (χ2n) is 2.65. The summed E-state index contributed by atoms with van der Waals surface area (Å²) in [5.41, 5.74) is 0. The SMILES string of the molecule is C=CC.C=CC.C=CC.C=CC.OCC(O)CO. The summed E-state index contributed by atoms with van der Waals surface area (Å²) in [4.78, 5) is 0. The molecule has 0 rings (SSSR count). The van der Waals surface area contributed by atoms with Crippen LogP contribution in [0.2, 0.25) is 0 Å². The lowest BCUT2D eigenvalue weighted by Crippen LogP contribution is -2.15. The Morgan fingerprint density at radius 2 is 0.833 bits per heavy atom. The quantitative estimate of drug-likeness (QED) is 0.669. The highest BCUT2D eigenvalue weighted by molar-refractivity contribution is 4.52. The van der Waals surface area contributed by atoms with Crippen molar-refractivity contribution >= 4 is 0 Å². The first-order chi connectivity index (χ1) is 8.46. The smallest absolute Gasteiger partial charge is 0.100 e. The van der Waals surface area contributed by atoms with Crippen molar-refractivity contribution in [1.29, 1.82) is 0 Å². The lowest BCUT2D eigenvalue weighted by Gasteiger charge is -1.96. The number of hydrogen-bond donors (Lipinski definition) is 3. The zero-order chi connectivity index (χ0) is 15.8. The first-order valence-electron chi connectivity index (χ1n) is 5.65. The third kappa shape index (κ3) is 352. The van der Waals surface area contributed by atoms with E-state index in [9.17, 15) is 0 Å². The van der Waals surface area contributed by atoms with Crippen LogP contribution in [0.25, 0.3) is 0 Å². The van der Waals surface area contributed by atoms with Crippen LogP contribution in [0, 0.1) is 0 Å². The maximum atomic E-state index is 8.17. The van der Waals surface area contributed by atoms with Crippen molar-refractivity contribution in [1.82, 2.24) is 0 Å². The predicted octanol–water partition coefficient (Wildman–Crippen LogP) is 3.10. The van der Waals surface area contributed by atoms with Crippen molar-refractivity contribution in [3.63, 3.8) is 0 Å². The van der Waals surface area contributed by atoms with Crippen LogP contribution in [0.5, 0.6) is 0 Å². The van der Waals surface area contributed by atoms with Gasteiger partial charge >= 0.3 is 0 Å². The van der Waals surface area contributed by atoms with Crippen molar-refractivity contribution < 1.29 is 15.3 Å². The minimum atomic E-state index is -0.954. The predicted molar refractivity (Wildman–Crippen MR) is 83.7 cm³/mol. The molecule has 18 heavy (non-hydrogen) atoms. The Kier molecular flexibility index (Phi) is 95.0. The van der Waals surface area contributed by atoms with E-state index < -0.39 is 6.10 Å². The molecule has 0 radical (unpaired) electrons. The van der Waals surface area contributed by atoms with E-state index >= 15 is 0 Å². The van der Waals surface area contributed by atoms with Gasteiger partial charge in [0, 0.05) is 0 Å². The minimum Gasteiger partial charge on any atom is -0.394 e. The lowest BCUT2D eigenvalue weighted by atomic mass is 10.4. The molecule has 0 spiro atoms. The van der Waals surface area contributed by atoms with Gasteiger partial charge in [-0.15, -0.1) is 26.3 Å². The fourth-order valence-electron chi connectivity index (χ4n) is 0.0577. The Labute approximate surface area is 113 Å². The molecule has 3 nitrogen and oxygen atoms in total. The van der Waals surface area contributed by atoms with Gasteiger partial charge in [0.1, 0.15) is 6.10 Å². The van der Waals surface area contributed by atoms with Gasteiger partial charge in [-0.25, -0.2) is 0 Å². The van der Waals surface area contributed by atoms with E-state index in [1.165, 1.54) is 0 Å². The Bertz CT molecular complexity index is 115. The highest BCUT2D eigenvalue weighted by Crippen LogP contribution is 1.71. The zero-order valence-electron chi connectivity index (χ0n) is 12.5. The van der Waals surface area contributed by atoms with E-state index in [1.807, 2.05) is 27.7 Å². The van der Waals surface area contributed by atoms with E-state index in [0.29, 0.717) is 0 Å². The van der Waals surface area contributed by atoms with Gasteiger partial charge in [0.15, 0.2) is 0 Å². The van der Waals surface area contributed by atoms with Crippen molar-refractivity contribution in [3.05, 3.63) is 50.6 Å². The number of hydrogen-bond acceptors (Lipinski definition) is 3. The lowest BCUT2D eigenvalue weighted by molar-refractivity contribution is 0.0450. The molecule has 0 aliphatic heterocycles. The maximum absolute atomic E-state index is 8.17. The zero-order valence-corrected chi connectivity index (χ0v) is 12.5. The van der Waals surface area contributed by atoms with Gasteiger partial charge in [0.25, 0.3) is 0 Å². The second-order valence-corrected chi connectivity index (χ2v) is 2.65. The van der Waals surface area contributed by atoms with Crippen LogP contribution >= 0.6 is 0 Å². The van der Waals surface area contributed by atoms with Gasteiger partial charge in [-0.1, -0.05) is 24.3 Å². The second kappa shape index (κ2) is 56.8. The number of aliphatic hydroxyl groups is 3. The van der Waals surface area contributed by atoms with Gasteiger partial charge in [-0.2, -0.15) is 0 Å². The molecule has 0 saturated heterocycles. The fourth-order valence-corrected chi connectivity index (χ4v) is 0.0577. The highest BCUT2D eigenvalue weighted by Gasteiger charge is 1.93. The molecule has 0 aromatic carbocycles. The molecule has 3 N–H and O–H groups in total. The highest BCUT2D eigenvalue weighted by atomic mass is 16.3. The fraction of sp³-hybridized carbons (Fsp3) is 0.467. The standard InChI is InChI=1S/C3H8O3.4C3H6/c4-1-3(6)2-5;4*1-3-2/h3-6H,1-2H2;4*3H,1H2,2H3. The summed E-state index contributed by atoms with van der Waals surface area (Å²) in [5, 5.41) is 24.0. The van der Waals surface area contributed by atoms with Gasteiger partial charge in [-0.3, -0.25) is 0 Å². The molecular weight excluding hydrogens is 228 g/mol. The molecule has 3 heteroatoms. The molecule has 0 aromatic heterocycles. The van der Waals surface area contributed by atoms with E-state index in [-0.39, 0.29) is 13.2 Å². The summed E-state index contributed by atoms with van der Waals surface area (Å²) in [6.07, 6.45) is 6.05. The summed E-state index contributed by atoms with van der Waals surface area (Å²) in [5.74, 6) is 0. The van der Waals surface area contributed by atoms with Gasteiger partial charge in [0.2, 0.25) is 0 Å². The third-order valence-electron chi connectivity index (χ3n) is 0.421. The average molecular weight is 260 g/mol. The first-order valence-corrected chi connectivity index (χ1v) is 5.65. The van der Waals surface area contributed by atoms with Crippen LogP contribution in [0.1, 0.15) is 27.7 Å². The molecule has 110 valence electrons.